The van der Waals surface area contributed by atoms with E-state index in [2.05, 4.69) is 29.3 Å². The van der Waals surface area contributed by atoms with Crippen LogP contribution in [0.25, 0.3) is 0 Å². The Balaban J connectivity index is 1.84. The lowest BCUT2D eigenvalue weighted by Gasteiger charge is -2.44. The zero-order valence-electron chi connectivity index (χ0n) is 11.2. The van der Waals surface area contributed by atoms with Crippen LogP contribution in [0.4, 0.5) is 0 Å². The summed E-state index contributed by atoms with van der Waals surface area (Å²) in [6.07, 6.45) is 5.50. The average Bonchev–Trinajstić information content (AvgIpc) is 3.05. The smallest absolute Gasteiger partial charge is 0.0473 e. The van der Waals surface area contributed by atoms with Crippen molar-refractivity contribution in [2.24, 2.45) is 17.6 Å². The van der Waals surface area contributed by atoms with Gasteiger partial charge in [-0.2, -0.15) is 0 Å². The Hall–Kier alpha value is -0.380. The van der Waals surface area contributed by atoms with E-state index in [1.807, 2.05) is 11.3 Å². The molecule has 2 heterocycles. The van der Waals surface area contributed by atoms with Crippen LogP contribution >= 0.6 is 11.3 Å². The van der Waals surface area contributed by atoms with Gasteiger partial charge in [0.25, 0.3) is 0 Å². The third-order valence-corrected chi connectivity index (χ3v) is 5.60. The van der Waals surface area contributed by atoms with Crippen molar-refractivity contribution in [2.45, 2.75) is 44.7 Å². The SMILES string of the molecule is CC1CCCN(C(c2cccs2)C2CC2)C1CN. The van der Waals surface area contributed by atoms with Gasteiger partial charge < -0.3 is 5.73 Å². The van der Waals surface area contributed by atoms with Crippen molar-refractivity contribution in [3.05, 3.63) is 22.4 Å². The van der Waals surface area contributed by atoms with Crippen LogP contribution in [-0.2, 0) is 0 Å². The molecule has 2 N–H and O–H groups in total. The fraction of sp³-hybridized carbons (Fsp3) is 0.733. The monoisotopic (exact) mass is 264 g/mol. The van der Waals surface area contributed by atoms with Gasteiger partial charge in [-0.05, 0) is 55.5 Å². The second-order valence-electron chi connectivity index (χ2n) is 5.96. The zero-order chi connectivity index (χ0) is 12.5. The summed E-state index contributed by atoms with van der Waals surface area (Å²) in [5.41, 5.74) is 6.06. The number of piperidine rings is 1. The van der Waals surface area contributed by atoms with E-state index in [0.717, 1.165) is 18.4 Å². The summed E-state index contributed by atoms with van der Waals surface area (Å²) in [5, 5.41) is 2.22. The van der Waals surface area contributed by atoms with Crippen LogP contribution in [0.15, 0.2) is 17.5 Å². The normalized spacial score (nSPS) is 31.4. The molecule has 1 saturated heterocycles. The van der Waals surface area contributed by atoms with E-state index < -0.39 is 0 Å². The van der Waals surface area contributed by atoms with Crippen LogP contribution in [0.3, 0.4) is 0 Å². The fourth-order valence-corrected chi connectivity index (χ4v) is 4.47. The molecular formula is C15H24N2S. The second kappa shape index (κ2) is 5.32. The largest absolute Gasteiger partial charge is 0.329 e. The minimum Gasteiger partial charge on any atom is -0.329 e. The van der Waals surface area contributed by atoms with Crippen LogP contribution in [-0.4, -0.2) is 24.0 Å². The Morgan fingerprint density at radius 3 is 2.89 bits per heavy atom. The van der Waals surface area contributed by atoms with Gasteiger partial charge >= 0.3 is 0 Å². The molecule has 0 radical (unpaired) electrons. The van der Waals surface area contributed by atoms with E-state index >= 15 is 0 Å². The standard InChI is InChI=1S/C15H24N2S/c1-11-4-2-8-17(13(11)10-16)15(12-6-7-12)14-5-3-9-18-14/h3,5,9,11-13,15H,2,4,6-8,10,16H2,1H3. The molecule has 1 saturated carbocycles. The molecule has 1 aliphatic heterocycles. The van der Waals surface area contributed by atoms with E-state index in [-0.39, 0.29) is 0 Å². The lowest BCUT2D eigenvalue weighted by Crippen LogP contribution is -2.50. The Labute approximate surface area is 114 Å². The first-order chi connectivity index (χ1) is 8.81. The summed E-state index contributed by atoms with van der Waals surface area (Å²) in [7, 11) is 0. The first kappa shape index (κ1) is 12.6. The van der Waals surface area contributed by atoms with Crippen LogP contribution < -0.4 is 5.73 Å². The van der Waals surface area contributed by atoms with Crippen molar-refractivity contribution in [2.75, 3.05) is 13.1 Å². The van der Waals surface area contributed by atoms with Crippen LogP contribution in [0, 0.1) is 11.8 Å². The predicted octanol–water partition coefficient (Wildman–Crippen LogP) is 3.26. The number of thiophene rings is 1. The second-order valence-corrected chi connectivity index (χ2v) is 6.94. The number of likely N-dealkylation sites (tertiary alicyclic amines) is 1. The highest BCUT2D eigenvalue weighted by atomic mass is 32.1. The highest BCUT2D eigenvalue weighted by Crippen LogP contribution is 2.48. The maximum absolute atomic E-state index is 6.06. The molecule has 1 aromatic rings. The molecule has 1 aliphatic carbocycles. The van der Waals surface area contributed by atoms with Crippen LogP contribution in [0.2, 0.25) is 0 Å². The van der Waals surface area contributed by atoms with E-state index in [9.17, 15) is 0 Å². The Morgan fingerprint density at radius 2 is 2.28 bits per heavy atom. The number of hydrogen-bond donors (Lipinski definition) is 1. The van der Waals surface area contributed by atoms with Gasteiger partial charge in [-0.1, -0.05) is 13.0 Å². The number of nitrogens with zero attached hydrogens (tertiary/aromatic N) is 1. The van der Waals surface area contributed by atoms with Gasteiger partial charge in [-0.3, -0.25) is 4.90 Å². The molecule has 2 aliphatic rings. The molecule has 100 valence electrons. The van der Waals surface area contributed by atoms with Crippen LogP contribution in [0.5, 0.6) is 0 Å². The quantitative estimate of drug-likeness (QED) is 0.904. The summed E-state index contributed by atoms with van der Waals surface area (Å²) < 4.78 is 0. The molecule has 3 unspecified atom stereocenters. The number of rotatable bonds is 4. The Bertz CT molecular complexity index is 372. The topological polar surface area (TPSA) is 29.3 Å². The van der Waals surface area contributed by atoms with Crippen molar-refractivity contribution in [3.8, 4) is 0 Å². The van der Waals surface area contributed by atoms with Gasteiger partial charge in [0.05, 0.1) is 0 Å². The van der Waals surface area contributed by atoms with E-state index in [1.165, 1.54) is 32.2 Å². The summed E-state index contributed by atoms with van der Waals surface area (Å²) in [6, 6.07) is 5.76. The molecule has 0 bridgehead atoms. The minimum absolute atomic E-state index is 0.589. The summed E-state index contributed by atoms with van der Waals surface area (Å²) in [5.74, 6) is 1.65. The first-order valence-corrected chi connectivity index (χ1v) is 8.18. The van der Waals surface area contributed by atoms with Crippen LogP contribution in [0.1, 0.15) is 43.5 Å². The highest BCUT2D eigenvalue weighted by molar-refractivity contribution is 7.10. The van der Waals surface area contributed by atoms with Crippen molar-refractivity contribution in [1.29, 1.82) is 0 Å². The molecule has 3 atom stereocenters. The molecular weight excluding hydrogens is 240 g/mol. The van der Waals surface area contributed by atoms with Crippen molar-refractivity contribution >= 4 is 11.3 Å². The fourth-order valence-electron chi connectivity index (χ4n) is 3.53. The van der Waals surface area contributed by atoms with Gasteiger partial charge in [0, 0.05) is 23.5 Å². The maximum Gasteiger partial charge on any atom is 0.0473 e. The summed E-state index contributed by atoms with van der Waals surface area (Å²) in [4.78, 5) is 4.29. The van der Waals surface area contributed by atoms with Gasteiger partial charge in [0.2, 0.25) is 0 Å². The Morgan fingerprint density at radius 1 is 1.44 bits per heavy atom. The average molecular weight is 264 g/mol. The third kappa shape index (κ3) is 2.36. The van der Waals surface area contributed by atoms with E-state index in [0.29, 0.717) is 12.1 Å². The van der Waals surface area contributed by atoms with Crippen molar-refractivity contribution < 1.29 is 0 Å². The molecule has 2 nitrogen and oxygen atoms in total. The van der Waals surface area contributed by atoms with Gasteiger partial charge in [0.1, 0.15) is 0 Å². The molecule has 0 spiro atoms. The lowest BCUT2D eigenvalue weighted by atomic mass is 9.88. The van der Waals surface area contributed by atoms with Gasteiger partial charge in [-0.15, -0.1) is 11.3 Å². The molecule has 1 aromatic heterocycles. The molecule has 3 rings (SSSR count). The Kier molecular flexibility index (Phi) is 3.73. The molecule has 0 aromatic carbocycles. The van der Waals surface area contributed by atoms with Crippen molar-refractivity contribution in [3.63, 3.8) is 0 Å². The summed E-state index contributed by atoms with van der Waals surface area (Å²) >= 11 is 1.92. The van der Waals surface area contributed by atoms with Crippen molar-refractivity contribution in [1.82, 2.24) is 4.90 Å². The number of hydrogen-bond acceptors (Lipinski definition) is 3. The number of nitrogens with two attached hydrogens (primary N) is 1. The predicted molar refractivity (Wildman–Crippen MR) is 77.7 cm³/mol. The zero-order valence-corrected chi connectivity index (χ0v) is 12.0. The molecule has 0 amide bonds. The lowest BCUT2D eigenvalue weighted by molar-refractivity contribution is 0.0531. The van der Waals surface area contributed by atoms with Gasteiger partial charge in [-0.25, -0.2) is 0 Å². The summed E-state index contributed by atoms with van der Waals surface area (Å²) in [6.45, 7) is 4.43. The maximum atomic E-state index is 6.06. The van der Waals surface area contributed by atoms with E-state index in [4.69, 9.17) is 5.73 Å². The molecule has 3 heteroatoms. The molecule has 2 fully saturated rings. The van der Waals surface area contributed by atoms with Gasteiger partial charge in [0.15, 0.2) is 0 Å². The van der Waals surface area contributed by atoms with E-state index in [1.54, 1.807) is 4.88 Å². The molecule has 18 heavy (non-hydrogen) atoms. The highest BCUT2D eigenvalue weighted by Gasteiger charge is 2.41. The minimum atomic E-state index is 0.589. The third-order valence-electron chi connectivity index (χ3n) is 4.66. The first-order valence-electron chi connectivity index (χ1n) is 7.30.